The van der Waals surface area contributed by atoms with Crippen molar-refractivity contribution >= 4 is 53.3 Å². The van der Waals surface area contributed by atoms with Crippen molar-refractivity contribution in [3.63, 3.8) is 0 Å². The predicted molar refractivity (Wildman–Crippen MR) is 151 cm³/mol. The highest BCUT2D eigenvalue weighted by Gasteiger charge is 2.38. The van der Waals surface area contributed by atoms with Crippen LogP contribution in [0.15, 0.2) is 103 Å². The molecule has 0 amide bonds. The van der Waals surface area contributed by atoms with E-state index in [1.165, 1.54) is 69.9 Å². The first-order chi connectivity index (χ1) is 17.1. The van der Waals surface area contributed by atoms with Crippen LogP contribution < -0.4 is 0 Å². The van der Waals surface area contributed by atoms with Crippen LogP contribution >= 0.6 is 11.3 Å². The van der Waals surface area contributed by atoms with Crippen molar-refractivity contribution in [3.05, 3.63) is 114 Å². The van der Waals surface area contributed by atoms with Crippen molar-refractivity contribution < 1.29 is 0 Å². The molecule has 0 unspecified atom stereocenters. The first-order valence-electron chi connectivity index (χ1n) is 12.2. The van der Waals surface area contributed by atoms with E-state index in [9.17, 15) is 0 Å². The topological polar surface area (TPSA) is 4.93 Å². The van der Waals surface area contributed by atoms with E-state index in [0.717, 1.165) is 0 Å². The number of thiophene rings is 1. The Morgan fingerprint density at radius 1 is 0.600 bits per heavy atom. The van der Waals surface area contributed by atoms with E-state index in [1.54, 1.807) is 0 Å². The lowest BCUT2D eigenvalue weighted by atomic mass is 9.80. The zero-order valence-corrected chi connectivity index (χ0v) is 20.5. The van der Waals surface area contributed by atoms with Crippen LogP contribution in [-0.4, -0.2) is 4.57 Å². The molecule has 0 saturated carbocycles. The lowest BCUT2D eigenvalue weighted by Gasteiger charge is -2.22. The number of hydrogen-bond donors (Lipinski definition) is 0. The van der Waals surface area contributed by atoms with Crippen molar-refractivity contribution in [3.8, 4) is 16.8 Å². The van der Waals surface area contributed by atoms with Crippen molar-refractivity contribution in [1.29, 1.82) is 0 Å². The minimum atomic E-state index is -0.0516. The van der Waals surface area contributed by atoms with E-state index < -0.39 is 0 Å². The molecule has 2 aromatic heterocycles. The summed E-state index contributed by atoms with van der Waals surface area (Å²) in [5.74, 6) is 0. The van der Waals surface area contributed by atoms with Crippen LogP contribution in [-0.2, 0) is 5.41 Å². The summed E-state index contributed by atoms with van der Waals surface area (Å²) in [6.07, 6.45) is 0. The van der Waals surface area contributed by atoms with Gasteiger partial charge in [-0.05, 0) is 46.5 Å². The van der Waals surface area contributed by atoms with Crippen LogP contribution in [0.1, 0.15) is 25.0 Å². The van der Waals surface area contributed by atoms with Gasteiger partial charge in [-0.15, -0.1) is 11.3 Å². The number of para-hydroxylation sites is 1. The average molecular weight is 466 g/mol. The molecule has 0 aliphatic heterocycles. The zero-order valence-electron chi connectivity index (χ0n) is 19.7. The standard InChI is InChI=1S/C33H23NS/c1-33(2)25-14-6-3-10-20(25)22-18-19-27-30(31(22)33)24-12-4-7-15-26(24)34(27)28-16-9-13-23-21-11-5-8-17-29(21)35-32(23)28/h3-19H,1-2H3. The first kappa shape index (κ1) is 19.4. The summed E-state index contributed by atoms with van der Waals surface area (Å²) in [4.78, 5) is 0. The van der Waals surface area contributed by atoms with Gasteiger partial charge in [0.25, 0.3) is 0 Å². The number of nitrogens with zero attached hydrogens (tertiary/aromatic N) is 1. The van der Waals surface area contributed by atoms with E-state index in [4.69, 9.17) is 0 Å². The molecule has 1 nitrogen and oxygen atoms in total. The second-order valence-corrected chi connectivity index (χ2v) is 11.2. The molecule has 8 rings (SSSR count). The average Bonchev–Trinajstić information content (AvgIpc) is 3.51. The Morgan fingerprint density at radius 2 is 1.34 bits per heavy atom. The van der Waals surface area contributed by atoms with Gasteiger partial charge in [0.15, 0.2) is 0 Å². The smallest absolute Gasteiger partial charge is 0.0640 e. The molecule has 35 heavy (non-hydrogen) atoms. The second kappa shape index (κ2) is 6.62. The third-order valence-corrected chi connectivity index (χ3v) is 9.19. The molecule has 5 aromatic carbocycles. The van der Waals surface area contributed by atoms with Crippen molar-refractivity contribution in [1.82, 2.24) is 4.57 Å². The summed E-state index contributed by atoms with van der Waals surface area (Å²) >= 11 is 1.90. The molecule has 0 N–H and O–H groups in total. The molecule has 0 atom stereocenters. The monoisotopic (exact) mass is 465 g/mol. The van der Waals surface area contributed by atoms with Crippen LogP contribution in [0.4, 0.5) is 0 Å². The van der Waals surface area contributed by atoms with E-state index in [-0.39, 0.29) is 5.41 Å². The molecule has 1 aliphatic carbocycles. The number of fused-ring (bicyclic) bond motifs is 10. The Morgan fingerprint density at radius 3 is 2.26 bits per heavy atom. The van der Waals surface area contributed by atoms with Crippen LogP contribution in [0, 0.1) is 0 Å². The third-order valence-electron chi connectivity index (χ3n) is 7.98. The molecule has 0 saturated heterocycles. The highest BCUT2D eigenvalue weighted by molar-refractivity contribution is 7.26. The molecule has 0 fully saturated rings. The number of rotatable bonds is 1. The molecular weight excluding hydrogens is 442 g/mol. The molecule has 2 heteroatoms. The summed E-state index contributed by atoms with van der Waals surface area (Å²) in [7, 11) is 0. The Labute approximate surface area is 207 Å². The number of hydrogen-bond acceptors (Lipinski definition) is 1. The Bertz CT molecular complexity index is 1980. The normalized spacial score (nSPS) is 14.2. The summed E-state index contributed by atoms with van der Waals surface area (Å²) < 4.78 is 5.19. The highest BCUT2D eigenvalue weighted by Crippen LogP contribution is 2.53. The second-order valence-electron chi connectivity index (χ2n) is 10.2. The van der Waals surface area contributed by atoms with Gasteiger partial charge in [-0.3, -0.25) is 0 Å². The lowest BCUT2D eigenvalue weighted by Crippen LogP contribution is -2.15. The fraction of sp³-hybridized carbons (Fsp3) is 0.0909. The van der Waals surface area contributed by atoms with Crippen LogP contribution in [0.25, 0.3) is 58.8 Å². The Balaban J connectivity index is 1.56. The number of aromatic nitrogens is 1. The first-order valence-corrected chi connectivity index (χ1v) is 13.0. The van der Waals surface area contributed by atoms with Crippen molar-refractivity contribution in [2.45, 2.75) is 19.3 Å². The summed E-state index contributed by atoms with van der Waals surface area (Å²) in [6, 6.07) is 38.1. The van der Waals surface area contributed by atoms with Crippen LogP contribution in [0.2, 0.25) is 0 Å². The maximum atomic E-state index is 2.50. The van der Waals surface area contributed by atoms with E-state index in [1.807, 2.05) is 11.3 Å². The van der Waals surface area contributed by atoms with Crippen molar-refractivity contribution in [2.24, 2.45) is 0 Å². The van der Waals surface area contributed by atoms with Gasteiger partial charge in [-0.1, -0.05) is 92.7 Å². The Kier molecular flexibility index (Phi) is 3.67. The van der Waals surface area contributed by atoms with Crippen molar-refractivity contribution in [2.75, 3.05) is 0 Å². The van der Waals surface area contributed by atoms with Gasteiger partial charge in [0.2, 0.25) is 0 Å². The molecule has 0 bridgehead atoms. The van der Waals surface area contributed by atoms with Gasteiger partial charge < -0.3 is 4.57 Å². The maximum absolute atomic E-state index is 2.50. The lowest BCUT2D eigenvalue weighted by molar-refractivity contribution is 0.666. The summed E-state index contributed by atoms with van der Waals surface area (Å²) in [5, 5.41) is 5.39. The SMILES string of the molecule is CC1(C)c2ccccc2-c2ccc3c(c21)c1ccccc1n3-c1cccc2c1sc1ccccc12. The minimum Gasteiger partial charge on any atom is -0.308 e. The fourth-order valence-electron chi connectivity index (χ4n) is 6.50. The molecule has 0 spiro atoms. The van der Waals surface area contributed by atoms with E-state index in [2.05, 4.69) is 122 Å². The van der Waals surface area contributed by atoms with E-state index in [0.29, 0.717) is 0 Å². The minimum absolute atomic E-state index is 0.0516. The third kappa shape index (κ3) is 2.38. The van der Waals surface area contributed by atoms with Gasteiger partial charge in [0.05, 0.1) is 21.4 Å². The quantitative estimate of drug-likeness (QED) is 0.227. The number of benzene rings is 5. The highest BCUT2D eigenvalue weighted by atomic mass is 32.1. The van der Waals surface area contributed by atoms with Gasteiger partial charge in [-0.25, -0.2) is 0 Å². The molecule has 166 valence electrons. The molecular formula is C33H23NS. The molecule has 1 aliphatic rings. The molecule has 0 radical (unpaired) electrons. The zero-order chi connectivity index (χ0) is 23.3. The predicted octanol–water partition coefficient (Wildman–Crippen LogP) is 9.46. The fourth-order valence-corrected chi connectivity index (χ4v) is 7.71. The van der Waals surface area contributed by atoms with Gasteiger partial charge in [-0.2, -0.15) is 0 Å². The van der Waals surface area contributed by atoms with Gasteiger partial charge in [0.1, 0.15) is 0 Å². The summed E-state index contributed by atoms with van der Waals surface area (Å²) in [6.45, 7) is 4.77. The summed E-state index contributed by atoms with van der Waals surface area (Å²) in [5.41, 5.74) is 9.40. The Hall–Kier alpha value is -3.88. The van der Waals surface area contributed by atoms with Crippen LogP contribution in [0.3, 0.4) is 0 Å². The van der Waals surface area contributed by atoms with Gasteiger partial charge in [0, 0.05) is 31.7 Å². The molecule has 7 aromatic rings. The molecule has 2 heterocycles. The van der Waals surface area contributed by atoms with Crippen LogP contribution in [0.5, 0.6) is 0 Å². The van der Waals surface area contributed by atoms with Gasteiger partial charge >= 0.3 is 0 Å². The van der Waals surface area contributed by atoms with E-state index >= 15 is 0 Å². The maximum Gasteiger partial charge on any atom is 0.0640 e. The largest absolute Gasteiger partial charge is 0.308 e.